The lowest BCUT2D eigenvalue weighted by atomic mass is 10.4. The van der Waals surface area contributed by atoms with E-state index in [2.05, 4.69) is 10.4 Å². The second-order valence-electron chi connectivity index (χ2n) is 3.09. The van der Waals surface area contributed by atoms with Crippen molar-refractivity contribution < 1.29 is 4.74 Å². The summed E-state index contributed by atoms with van der Waals surface area (Å²) in [5, 5.41) is 7.39. The van der Waals surface area contributed by atoms with E-state index in [4.69, 9.17) is 10.5 Å². The normalized spacial score (nSPS) is 10.5. The van der Waals surface area contributed by atoms with Crippen LogP contribution in [0.15, 0.2) is 0 Å². The topological polar surface area (TPSA) is 65.1 Å². The van der Waals surface area contributed by atoms with Crippen LogP contribution in [0.2, 0.25) is 0 Å². The minimum absolute atomic E-state index is 0.681. The highest BCUT2D eigenvalue weighted by Crippen LogP contribution is 2.20. The Labute approximate surface area is 84.2 Å². The molecule has 0 saturated heterocycles. The van der Waals surface area contributed by atoms with E-state index in [0.717, 1.165) is 24.7 Å². The fraction of sp³-hybridized carbons (Fsp3) is 0.667. The molecule has 14 heavy (non-hydrogen) atoms. The predicted octanol–water partition coefficient (Wildman–Crippen LogP) is 0.759. The Kier molecular flexibility index (Phi) is 3.76. The minimum Gasteiger partial charge on any atom is -0.394 e. The highest BCUT2D eigenvalue weighted by atomic mass is 16.5. The van der Waals surface area contributed by atoms with Crippen LogP contribution >= 0.6 is 0 Å². The van der Waals surface area contributed by atoms with Crippen molar-refractivity contribution in [3.05, 3.63) is 5.69 Å². The zero-order chi connectivity index (χ0) is 10.6. The molecule has 1 rings (SSSR count). The van der Waals surface area contributed by atoms with Gasteiger partial charge in [-0.05, 0) is 13.8 Å². The number of nitrogen functional groups attached to an aromatic ring is 1. The molecule has 3 N–H and O–H groups in total. The summed E-state index contributed by atoms with van der Waals surface area (Å²) in [5.41, 5.74) is 7.40. The van der Waals surface area contributed by atoms with Gasteiger partial charge in [-0.1, -0.05) is 0 Å². The van der Waals surface area contributed by atoms with Gasteiger partial charge in [-0.15, -0.1) is 0 Å². The molecule has 1 heterocycles. The zero-order valence-electron chi connectivity index (χ0n) is 9.00. The molecule has 0 radical (unpaired) electrons. The standard InChI is InChI=1S/C9H18N4O/c1-4-14-6-5-11-9-8(10)7(2)12-13(9)3/h11H,4-6,10H2,1-3H3. The van der Waals surface area contributed by atoms with Gasteiger partial charge in [-0.2, -0.15) is 5.10 Å². The van der Waals surface area contributed by atoms with E-state index >= 15 is 0 Å². The van der Waals surface area contributed by atoms with Gasteiger partial charge in [0.25, 0.3) is 0 Å². The van der Waals surface area contributed by atoms with E-state index in [1.165, 1.54) is 0 Å². The maximum absolute atomic E-state index is 5.83. The number of hydrogen-bond donors (Lipinski definition) is 2. The Balaban J connectivity index is 2.49. The van der Waals surface area contributed by atoms with E-state index in [1.807, 2.05) is 20.9 Å². The van der Waals surface area contributed by atoms with Crippen molar-refractivity contribution in [2.75, 3.05) is 30.8 Å². The van der Waals surface area contributed by atoms with Crippen molar-refractivity contribution in [2.45, 2.75) is 13.8 Å². The van der Waals surface area contributed by atoms with Crippen LogP contribution in [-0.2, 0) is 11.8 Å². The summed E-state index contributed by atoms with van der Waals surface area (Å²) in [5.74, 6) is 0.863. The third kappa shape index (κ3) is 2.38. The van der Waals surface area contributed by atoms with Crippen LogP contribution < -0.4 is 11.1 Å². The van der Waals surface area contributed by atoms with E-state index in [-0.39, 0.29) is 0 Å². The second-order valence-corrected chi connectivity index (χ2v) is 3.09. The molecule has 0 aliphatic rings. The number of rotatable bonds is 5. The number of anilines is 2. The van der Waals surface area contributed by atoms with E-state index in [1.54, 1.807) is 4.68 Å². The third-order valence-corrected chi connectivity index (χ3v) is 2.01. The van der Waals surface area contributed by atoms with Crippen LogP contribution in [-0.4, -0.2) is 29.5 Å². The molecule has 0 unspecified atom stereocenters. The molecule has 1 aromatic rings. The third-order valence-electron chi connectivity index (χ3n) is 2.01. The smallest absolute Gasteiger partial charge is 0.147 e. The fourth-order valence-electron chi connectivity index (χ4n) is 1.27. The molecule has 5 nitrogen and oxygen atoms in total. The summed E-state index contributed by atoms with van der Waals surface area (Å²) in [6, 6.07) is 0. The average molecular weight is 198 g/mol. The maximum Gasteiger partial charge on any atom is 0.147 e. The first-order valence-corrected chi connectivity index (χ1v) is 4.77. The molecule has 0 amide bonds. The highest BCUT2D eigenvalue weighted by molar-refractivity contribution is 5.64. The van der Waals surface area contributed by atoms with Crippen LogP contribution in [0.5, 0.6) is 0 Å². The van der Waals surface area contributed by atoms with Crippen molar-refractivity contribution in [3.63, 3.8) is 0 Å². The second kappa shape index (κ2) is 4.85. The van der Waals surface area contributed by atoms with Gasteiger partial charge in [-0.25, -0.2) is 0 Å². The van der Waals surface area contributed by atoms with Gasteiger partial charge < -0.3 is 15.8 Å². The lowest BCUT2D eigenvalue weighted by molar-refractivity contribution is 0.158. The molecular formula is C9H18N4O. The number of aryl methyl sites for hydroxylation is 2. The van der Waals surface area contributed by atoms with Crippen molar-refractivity contribution in [1.29, 1.82) is 0 Å². The SMILES string of the molecule is CCOCCNc1c(N)c(C)nn1C. The van der Waals surface area contributed by atoms with Gasteiger partial charge >= 0.3 is 0 Å². The van der Waals surface area contributed by atoms with E-state index in [0.29, 0.717) is 12.3 Å². The lowest BCUT2D eigenvalue weighted by Gasteiger charge is -2.07. The molecule has 0 aliphatic carbocycles. The maximum atomic E-state index is 5.83. The Morgan fingerprint density at radius 1 is 1.57 bits per heavy atom. The fourth-order valence-corrected chi connectivity index (χ4v) is 1.27. The number of nitrogens with one attached hydrogen (secondary N) is 1. The van der Waals surface area contributed by atoms with Crippen molar-refractivity contribution in [3.8, 4) is 0 Å². The van der Waals surface area contributed by atoms with Crippen LogP contribution in [0, 0.1) is 6.92 Å². The molecule has 0 atom stereocenters. The van der Waals surface area contributed by atoms with Crippen molar-refractivity contribution >= 4 is 11.5 Å². The first-order chi connectivity index (χ1) is 6.66. The molecule has 0 fully saturated rings. The van der Waals surface area contributed by atoms with Crippen LogP contribution in [0.4, 0.5) is 11.5 Å². The number of aromatic nitrogens is 2. The summed E-state index contributed by atoms with van der Waals surface area (Å²) in [6.07, 6.45) is 0. The Morgan fingerprint density at radius 3 is 2.79 bits per heavy atom. The molecule has 5 heteroatoms. The van der Waals surface area contributed by atoms with Crippen molar-refractivity contribution in [2.24, 2.45) is 7.05 Å². The molecular weight excluding hydrogens is 180 g/mol. The van der Waals surface area contributed by atoms with Crippen molar-refractivity contribution in [1.82, 2.24) is 9.78 Å². The summed E-state index contributed by atoms with van der Waals surface area (Å²) < 4.78 is 6.96. The van der Waals surface area contributed by atoms with E-state index < -0.39 is 0 Å². The molecule has 0 bridgehead atoms. The molecule has 0 aliphatic heterocycles. The van der Waals surface area contributed by atoms with Gasteiger partial charge in [-0.3, -0.25) is 4.68 Å². The first kappa shape index (κ1) is 10.8. The Morgan fingerprint density at radius 2 is 2.29 bits per heavy atom. The monoisotopic (exact) mass is 198 g/mol. The van der Waals surface area contributed by atoms with Gasteiger partial charge in [0.2, 0.25) is 0 Å². The molecule has 0 spiro atoms. The summed E-state index contributed by atoms with van der Waals surface area (Å²) >= 11 is 0. The molecule has 1 aromatic heterocycles. The minimum atomic E-state index is 0.681. The Hall–Kier alpha value is -1.23. The van der Waals surface area contributed by atoms with Crippen LogP contribution in [0.25, 0.3) is 0 Å². The average Bonchev–Trinajstić information content (AvgIpc) is 2.38. The van der Waals surface area contributed by atoms with E-state index in [9.17, 15) is 0 Å². The van der Waals surface area contributed by atoms with Crippen LogP contribution in [0.3, 0.4) is 0 Å². The highest BCUT2D eigenvalue weighted by Gasteiger charge is 2.08. The summed E-state index contributed by atoms with van der Waals surface area (Å²) in [7, 11) is 1.87. The van der Waals surface area contributed by atoms with Gasteiger partial charge in [0.1, 0.15) is 5.82 Å². The van der Waals surface area contributed by atoms with Crippen LogP contribution in [0.1, 0.15) is 12.6 Å². The largest absolute Gasteiger partial charge is 0.394 e. The number of ether oxygens (including phenoxy) is 1. The Bertz CT molecular complexity index is 295. The van der Waals surface area contributed by atoms with Gasteiger partial charge in [0.15, 0.2) is 0 Å². The van der Waals surface area contributed by atoms with Gasteiger partial charge in [0, 0.05) is 20.2 Å². The summed E-state index contributed by atoms with van der Waals surface area (Å²) in [6.45, 7) is 6.03. The predicted molar refractivity (Wildman–Crippen MR) is 57.3 cm³/mol. The number of nitrogens with zero attached hydrogens (tertiary/aromatic N) is 2. The molecule has 0 saturated carbocycles. The molecule has 0 aromatic carbocycles. The first-order valence-electron chi connectivity index (χ1n) is 4.77. The number of hydrogen-bond acceptors (Lipinski definition) is 4. The zero-order valence-corrected chi connectivity index (χ0v) is 9.00. The quantitative estimate of drug-likeness (QED) is 0.685. The summed E-state index contributed by atoms with van der Waals surface area (Å²) in [4.78, 5) is 0. The lowest BCUT2D eigenvalue weighted by Crippen LogP contribution is -2.12. The molecule has 80 valence electrons. The van der Waals surface area contributed by atoms with Gasteiger partial charge in [0.05, 0.1) is 18.0 Å². The number of nitrogens with two attached hydrogens (primary N) is 1.